The summed E-state index contributed by atoms with van der Waals surface area (Å²) in [4.78, 5) is 35.0. The molecule has 12 heteroatoms. The predicted molar refractivity (Wildman–Crippen MR) is 122 cm³/mol. The maximum atomic E-state index is 12.4. The van der Waals surface area contributed by atoms with Crippen LogP contribution in [0.3, 0.4) is 0 Å². The van der Waals surface area contributed by atoms with Crippen LogP contribution in [-0.4, -0.2) is 44.4 Å². The average Bonchev–Trinajstić information content (AvgIpc) is 3.15. The molecule has 172 valence electrons. The van der Waals surface area contributed by atoms with E-state index in [2.05, 4.69) is 20.8 Å². The summed E-state index contributed by atoms with van der Waals surface area (Å²) in [6.45, 7) is 1.99. The number of aryl methyl sites for hydroxylation is 1. The van der Waals surface area contributed by atoms with E-state index in [0.717, 1.165) is 5.56 Å². The van der Waals surface area contributed by atoms with Crippen LogP contribution < -0.4 is 15.4 Å². The average molecular weight is 471 g/mol. The second kappa shape index (κ2) is 10.6. The van der Waals surface area contributed by atoms with Crippen molar-refractivity contribution in [2.24, 2.45) is 7.05 Å². The number of benzene rings is 2. The number of rotatable bonds is 9. The van der Waals surface area contributed by atoms with Crippen LogP contribution in [0.25, 0.3) is 0 Å². The molecule has 3 rings (SSSR count). The number of hydrogen-bond acceptors (Lipinski definition) is 8. The monoisotopic (exact) mass is 470 g/mol. The molecule has 2 aromatic carbocycles. The zero-order valence-corrected chi connectivity index (χ0v) is 19.0. The number of aromatic nitrogens is 3. The fourth-order valence-electron chi connectivity index (χ4n) is 2.88. The molecule has 3 aromatic rings. The number of ether oxygens (including phenoxy) is 1. The van der Waals surface area contributed by atoms with E-state index in [4.69, 9.17) is 4.74 Å². The molecular formula is C21H22N6O5S. The van der Waals surface area contributed by atoms with Crippen molar-refractivity contribution >= 4 is 35.0 Å². The van der Waals surface area contributed by atoms with E-state index in [1.165, 1.54) is 43.1 Å². The lowest BCUT2D eigenvalue weighted by atomic mass is 10.2. The molecular weight excluding hydrogens is 448 g/mol. The SMILES string of the molecule is COc1ccc(C)cc1NC(=O)CSc1nnc(CNC(=O)c2cccc([N+](=O)[O-])c2)n1C. The molecule has 0 bridgehead atoms. The van der Waals surface area contributed by atoms with Gasteiger partial charge in [-0.3, -0.25) is 19.7 Å². The third-order valence-electron chi connectivity index (χ3n) is 4.61. The lowest BCUT2D eigenvalue weighted by Crippen LogP contribution is -2.24. The smallest absolute Gasteiger partial charge is 0.270 e. The number of methoxy groups -OCH3 is 1. The zero-order valence-electron chi connectivity index (χ0n) is 18.2. The summed E-state index contributed by atoms with van der Waals surface area (Å²) in [5.74, 6) is 0.439. The minimum atomic E-state index is -0.561. The Morgan fingerprint density at radius 3 is 2.73 bits per heavy atom. The third-order valence-corrected chi connectivity index (χ3v) is 5.63. The Bertz CT molecular complexity index is 1200. The van der Waals surface area contributed by atoms with Crippen LogP contribution in [0, 0.1) is 17.0 Å². The number of non-ortho nitro benzene ring substituents is 1. The van der Waals surface area contributed by atoms with Gasteiger partial charge in [0, 0.05) is 24.7 Å². The Hall–Kier alpha value is -3.93. The van der Waals surface area contributed by atoms with E-state index >= 15 is 0 Å². The highest BCUT2D eigenvalue weighted by Gasteiger charge is 2.15. The van der Waals surface area contributed by atoms with Gasteiger partial charge >= 0.3 is 0 Å². The first-order valence-corrected chi connectivity index (χ1v) is 10.7. The molecule has 11 nitrogen and oxygen atoms in total. The lowest BCUT2D eigenvalue weighted by molar-refractivity contribution is -0.384. The summed E-state index contributed by atoms with van der Waals surface area (Å²) >= 11 is 1.20. The molecule has 2 amide bonds. The van der Waals surface area contributed by atoms with Crippen LogP contribution in [0.5, 0.6) is 5.75 Å². The van der Waals surface area contributed by atoms with Gasteiger partial charge in [0.05, 0.1) is 30.0 Å². The van der Waals surface area contributed by atoms with Gasteiger partial charge in [0.25, 0.3) is 11.6 Å². The first kappa shape index (κ1) is 23.7. The van der Waals surface area contributed by atoms with Gasteiger partial charge in [0.2, 0.25) is 5.91 Å². The van der Waals surface area contributed by atoms with Gasteiger partial charge in [-0.15, -0.1) is 10.2 Å². The molecule has 0 aliphatic rings. The van der Waals surface area contributed by atoms with E-state index in [-0.39, 0.29) is 29.5 Å². The van der Waals surface area contributed by atoms with Crippen LogP contribution in [0.4, 0.5) is 11.4 Å². The van der Waals surface area contributed by atoms with Crippen molar-refractivity contribution in [3.05, 3.63) is 69.5 Å². The summed E-state index contributed by atoms with van der Waals surface area (Å²) in [5.41, 5.74) is 1.58. The lowest BCUT2D eigenvalue weighted by Gasteiger charge is -2.11. The van der Waals surface area contributed by atoms with Crippen molar-refractivity contribution < 1.29 is 19.2 Å². The van der Waals surface area contributed by atoms with Crippen molar-refractivity contribution in [3.63, 3.8) is 0 Å². The summed E-state index contributed by atoms with van der Waals surface area (Å²) in [7, 11) is 3.26. The Kier molecular flexibility index (Phi) is 7.61. The first-order valence-electron chi connectivity index (χ1n) is 9.76. The number of anilines is 1. The van der Waals surface area contributed by atoms with Crippen molar-refractivity contribution in [2.45, 2.75) is 18.6 Å². The standard InChI is InChI=1S/C21H22N6O5S/c1-13-7-8-17(32-3)16(9-13)23-19(28)12-33-21-25-24-18(26(21)2)11-22-20(29)14-5-4-6-15(10-14)27(30)31/h4-10H,11-12H2,1-3H3,(H,22,29)(H,23,28). The quantitative estimate of drug-likeness (QED) is 0.276. The van der Waals surface area contributed by atoms with E-state index < -0.39 is 10.8 Å². The molecule has 0 fully saturated rings. The number of thioether (sulfide) groups is 1. The van der Waals surface area contributed by atoms with Gasteiger partial charge in [0.1, 0.15) is 5.75 Å². The van der Waals surface area contributed by atoms with E-state index in [1.54, 1.807) is 17.7 Å². The Morgan fingerprint density at radius 2 is 2.00 bits per heavy atom. The van der Waals surface area contributed by atoms with Crippen molar-refractivity contribution in [2.75, 3.05) is 18.2 Å². The maximum Gasteiger partial charge on any atom is 0.270 e. The predicted octanol–water partition coefficient (Wildman–Crippen LogP) is 2.70. The zero-order chi connectivity index (χ0) is 24.0. The normalized spacial score (nSPS) is 10.5. The number of nitrogens with zero attached hydrogens (tertiary/aromatic N) is 4. The molecule has 0 saturated carbocycles. The number of carbonyl (C=O) groups excluding carboxylic acids is 2. The Balaban J connectivity index is 1.56. The molecule has 0 aliphatic heterocycles. The number of amides is 2. The molecule has 0 spiro atoms. The topological polar surface area (TPSA) is 141 Å². The van der Waals surface area contributed by atoms with Crippen molar-refractivity contribution in [3.8, 4) is 5.75 Å². The van der Waals surface area contributed by atoms with Crippen molar-refractivity contribution in [1.82, 2.24) is 20.1 Å². The molecule has 0 aliphatic carbocycles. The molecule has 1 heterocycles. The minimum absolute atomic E-state index is 0.0677. The fraction of sp³-hybridized carbons (Fsp3) is 0.238. The number of carbonyl (C=O) groups is 2. The maximum absolute atomic E-state index is 12.4. The fourth-order valence-corrected chi connectivity index (χ4v) is 3.61. The summed E-state index contributed by atoms with van der Waals surface area (Å²) in [6, 6.07) is 11.0. The Labute approximate surface area is 193 Å². The van der Waals surface area contributed by atoms with Gasteiger partial charge in [0.15, 0.2) is 11.0 Å². The van der Waals surface area contributed by atoms with E-state index in [9.17, 15) is 19.7 Å². The van der Waals surface area contributed by atoms with Gasteiger partial charge < -0.3 is 19.9 Å². The van der Waals surface area contributed by atoms with Gasteiger partial charge in [-0.1, -0.05) is 23.9 Å². The molecule has 33 heavy (non-hydrogen) atoms. The number of nitrogens with one attached hydrogen (secondary N) is 2. The van der Waals surface area contributed by atoms with Crippen LogP contribution in [0.15, 0.2) is 47.6 Å². The summed E-state index contributed by atoms with van der Waals surface area (Å²) < 4.78 is 6.93. The Morgan fingerprint density at radius 1 is 1.21 bits per heavy atom. The molecule has 0 saturated heterocycles. The molecule has 0 unspecified atom stereocenters. The van der Waals surface area contributed by atoms with Crippen LogP contribution >= 0.6 is 11.8 Å². The van der Waals surface area contributed by atoms with Gasteiger partial charge in [-0.2, -0.15) is 0 Å². The first-order chi connectivity index (χ1) is 15.8. The molecule has 0 radical (unpaired) electrons. The largest absolute Gasteiger partial charge is 0.495 e. The van der Waals surface area contributed by atoms with Gasteiger partial charge in [-0.05, 0) is 30.7 Å². The third kappa shape index (κ3) is 6.07. The second-order valence-corrected chi connectivity index (χ2v) is 7.93. The minimum Gasteiger partial charge on any atom is -0.495 e. The van der Waals surface area contributed by atoms with Crippen molar-refractivity contribution in [1.29, 1.82) is 0 Å². The summed E-state index contributed by atoms with van der Waals surface area (Å²) in [5, 5.41) is 25.0. The molecule has 2 N–H and O–H groups in total. The van der Waals surface area contributed by atoms with Crippen LogP contribution in [0.1, 0.15) is 21.7 Å². The molecule has 0 atom stereocenters. The highest BCUT2D eigenvalue weighted by atomic mass is 32.2. The van der Waals surface area contributed by atoms with Crippen LogP contribution in [-0.2, 0) is 18.4 Å². The number of nitro benzene ring substituents is 1. The molecule has 1 aromatic heterocycles. The van der Waals surface area contributed by atoms with Crippen LogP contribution in [0.2, 0.25) is 0 Å². The number of hydrogen-bond donors (Lipinski definition) is 2. The van der Waals surface area contributed by atoms with E-state index in [0.29, 0.717) is 22.4 Å². The second-order valence-electron chi connectivity index (χ2n) is 6.99. The van der Waals surface area contributed by atoms with Gasteiger partial charge in [-0.25, -0.2) is 0 Å². The highest BCUT2D eigenvalue weighted by Crippen LogP contribution is 2.26. The summed E-state index contributed by atoms with van der Waals surface area (Å²) in [6.07, 6.45) is 0. The number of nitro groups is 1. The highest BCUT2D eigenvalue weighted by molar-refractivity contribution is 7.99. The van der Waals surface area contributed by atoms with E-state index in [1.807, 2.05) is 19.1 Å².